The van der Waals surface area contributed by atoms with Crippen molar-refractivity contribution in [1.82, 2.24) is 9.80 Å². The Morgan fingerprint density at radius 1 is 1.00 bits per heavy atom. The fraction of sp³-hybridized carbons (Fsp3) is 0.867. The molecule has 2 unspecified atom stereocenters. The average Bonchev–Trinajstić information content (AvgIpc) is 3.21. The van der Waals surface area contributed by atoms with Crippen LogP contribution in [0.1, 0.15) is 44.9 Å². The maximum atomic E-state index is 13.4. The summed E-state index contributed by atoms with van der Waals surface area (Å²) in [6.07, 6.45) is 2.66. The van der Waals surface area contributed by atoms with Gasteiger partial charge in [0.1, 0.15) is 6.04 Å². The molecule has 3 fully saturated rings. The molecule has 7 heteroatoms. The first-order valence-corrected chi connectivity index (χ1v) is 8.06. The fourth-order valence-corrected chi connectivity index (χ4v) is 3.71. The first-order valence-electron chi connectivity index (χ1n) is 8.06. The van der Waals surface area contributed by atoms with Crippen LogP contribution in [0.2, 0.25) is 0 Å². The van der Waals surface area contributed by atoms with E-state index in [9.17, 15) is 23.5 Å². The molecule has 1 aliphatic carbocycles. The summed E-state index contributed by atoms with van der Waals surface area (Å²) < 4.78 is 26.9. The normalized spacial score (nSPS) is 32.7. The van der Waals surface area contributed by atoms with Gasteiger partial charge in [-0.05, 0) is 32.1 Å². The van der Waals surface area contributed by atoms with E-state index in [1.807, 2.05) is 4.90 Å². The highest BCUT2D eigenvalue weighted by Crippen LogP contribution is 2.38. The largest absolute Gasteiger partial charge is 0.480 e. The Balaban J connectivity index is 1.70. The summed E-state index contributed by atoms with van der Waals surface area (Å²) in [6, 6.07) is -0.874. The molecule has 0 bridgehead atoms. The Labute approximate surface area is 128 Å². The van der Waals surface area contributed by atoms with E-state index in [0.717, 1.165) is 12.8 Å². The molecule has 1 saturated carbocycles. The van der Waals surface area contributed by atoms with E-state index in [4.69, 9.17) is 0 Å². The van der Waals surface area contributed by atoms with E-state index in [-0.39, 0.29) is 31.3 Å². The van der Waals surface area contributed by atoms with Gasteiger partial charge in [-0.25, -0.2) is 8.78 Å². The zero-order valence-corrected chi connectivity index (χ0v) is 12.5. The zero-order chi connectivity index (χ0) is 15.9. The predicted molar refractivity (Wildman–Crippen MR) is 74.7 cm³/mol. The molecule has 3 rings (SSSR count). The van der Waals surface area contributed by atoms with E-state index in [2.05, 4.69) is 0 Å². The number of carboxylic acid groups (broad SMARTS) is 1. The van der Waals surface area contributed by atoms with Gasteiger partial charge in [0.25, 0.3) is 0 Å². The molecule has 0 aromatic rings. The number of carboxylic acids is 1. The van der Waals surface area contributed by atoms with Crippen molar-refractivity contribution in [3.63, 3.8) is 0 Å². The van der Waals surface area contributed by atoms with E-state index in [1.165, 1.54) is 4.90 Å². The summed E-state index contributed by atoms with van der Waals surface area (Å²) >= 11 is 0. The molecule has 2 saturated heterocycles. The summed E-state index contributed by atoms with van der Waals surface area (Å²) in [6.45, 7) is 0.416. The van der Waals surface area contributed by atoms with Crippen molar-refractivity contribution in [2.24, 2.45) is 0 Å². The van der Waals surface area contributed by atoms with E-state index >= 15 is 0 Å². The molecule has 1 N–H and O–H groups in total. The highest BCUT2D eigenvalue weighted by molar-refractivity contribution is 5.84. The maximum absolute atomic E-state index is 13.4. The Kier molecular flexibility index (Phi) is 4.09. The lowest BCUT2D eigenvalue weighted by molar-refractivity contribution is -0.145. The zero-order valence-electron chi connectivity index (χ0n) is 12.5. The van der Waals surface area contributed by atoms with Crippen LogP contribution in [0.3, 0.4) is 0 Å². The number of aliphatic carboxylic acids is 1. The standard InChI is InChI=1S/C15H22F2N2O3/c16-15(17)6-1-8-18(9-7-15)13(20)11-4-5-12(14(21)22)19(11)10-2-3-10/h10-12H,1-9H2,(H,21,22). The lowest BCUT2D eigenvalue weighted by Gasteiger charge is -2.31. The number of alkyl halides is 2. The van der Waals surface area contributed by atoms with Gasteiger partial charge in [-0.3, -0.25) is 14.5 Å². The third kappa shape index (κ3) is 3.09. The van der Waals surface area contributed by atoms with Crippen molar-refractivity contribution in [3.05, 3.63) is 0 Å². The fourth-order valence-electron chi connectivity index (χ4n) is 3.71. The van der Waals surface area contributed by atoms with Gasteiger partial charge in [0.15, 0.2) is 0 Å². The quantitative estimate of drug-likeness (QED) is 0.861. The van der Waals surface area contributed by atoms with Crippen LogP contribution in [0, 0.1) is 0 Å². The number of nitrogens with zero attached hydrogens (tertiary/aromatic N) is 2. The second-order valence-corrected chi connectivity index (χ2v) is 6.66. The van der Waals surface area contributed by atoms with Crippen LogP contribution in [0.25, 0.3) is 0 Å². The van der Waals surface area contributed by atoms with Crippen LogP contribution in [-0.2, 0) is 9.59 Å². The average molecular weight is 316 g/mol. The Morgan fingerprint density at radius 2 is 1.68 bits per heavy atom. The van der Waals surface area contributed by atoms with Crippen molar-refractivity contribution in [3.8, 4) is 0 Å². The molecule has 2 heterocycles. The number of halogens is 2. The third-order valence-electron chi connectivity index (χ3n) is 5.00. The second kappa shape index (κ2) is 5.76. The molecule has 0 spiro atoms. The molecule has 2 atom stereocenters. The van der Waals surface area contributed by atoms with Crippen molar-refractivity contribution in [2.45, 2.75) is 69.0 Å². The molecule has 124 valence electrons. The van der Waals surface area contributed by atoms with Crippen molar-refractivity contribution in [1.29, 1.82) is 0 Å². The molecule has 2 aliphatic heterocycles. The Bertz CT molecular complexity index is 468. The Hall–Kier alpha value is -1.24. The minimum atomic E-state index is -2.69. The minimum absolute atomic E-state index is 0.0680. The van der Waals surface area contributed by atoms with Gasteiger partial charge < -0.3 is 10.0 Å². The number of amides is 1. The summed E-state index contributed by atoms with van der Waals surface area (Å²) in [7, 11) is 0. The summed E-state index contributed by atoms with van der Waals surface area (Å²) in [4.78, 5) is 27.4. The van der Waals surface area contributed by atoms with Crippen LogP contribution in [-0.4, -0.2) is 63.9 Å². The van der Waals surface area contributed by atoms with E-state index < -0.39 is 24.0 Å². The number of carbonyl (C=O) groups excluding carboxylic acids is 1. The first-order chi connectivity index (χ1) is 10.4. The number of hydrogen-bond donors (Lipinski definition) is 1. The molecule has 22 heavy (non-hydrogen) atoms. The SMILES string of the molecule is O=C(O)C1CCC(C(=O)N2CCCC(F)(F)CC2)N1C1CC1. The molecule has 0 radical (unpaired) electrons. The summed E-state index contributed by atoms with van der Waals surface area (Å²) in [5.74, 6) is -3.73. The topological polar surface area (TPSA) is 60.9 Å². The molecule has 0 aromatic heterocycles. The molecular weight excluding hydrogens is 294 g/mol. The summed E-state index contributed by atoms with van der Waals surface area (Å²) in [5.41, 5.74) is 0. The number of carbonyl (C=O) groups is 2. The lowest BCUT2D eigenvalue weighted by Crippen LogP contribution is -2.50. The van der Waals surface area contributed by atoms with Gasteiger partial charge in [-0.15, -0.1) is 0 Å². The molecule has 1 amide bonds. The summed E-state index contributed by atoms with van der Waals surface area (Å²) in [5, 5.41) is 9.32. The van der Waals surface area contributed by atoms with Crippen LogP contribution in [0.5, 0.6) is 0 Å². The van der Waals surface area contributed by atoms with Gasteiger partial charge in [0.2, 0.25) is 11.8 Å². The molecular formula is C15H22F2N2O3. The lowest BCUT2D eigenvalue weighted by atomic mass is 10.1. The number of likely N-dealkylation sites (tertiary alicyclic amines) is 2. The molecule has 5 nitrogen and oxygen atoms in total. The van der Waals surface area contributed by atoms with Crippen LogP contribution in [0.4, 0.5) is 8.78 Å². The smallest absolute Gasteiger partial charge is 0.320 e. The number of hydrogen-bond acceptors (Lipinski definition) is 3. The maximum Gasteiger partial charge on any atom is 0.320 e. The van der Waals surface area contributed by atoms with Crippen molar-refractivity contribution < 1.29 is 23.5 Å². The van der Waals surface area contributed by atoms with Gasteiger partial charge in [0, 0.05) is 32.0 Å². The van der Waals surface area contributed by atoms with Crippen LogP contribution < -0.4 is 0 Å². The van der Waals surface area contributed by atoms with Crippen molar-refractivity contribution >= 4 is 11.9 Å². The highest BCUT2D eigenvalue weighted by atomic mass is 19.3. The van der Waals surface area contributed by atoms with Gasteiger partial charge in [-0.1, -0.05) is 0 Å². The monoisotopic (exact) mass is 316 g/mol. The highest BCUT2D eigenvalue weighted by Gasteiger charge is 2.49. The molecule has 3 aliphatic rings. The minimum Gasteiger partial charge on any atom is -0.480 e. The second-order valence-electron chi connectivity index (χ2n) is 6.66. The Morgan fingerprint density at radius 3 is 2.32 bits per heavy atom. The number of rotatable bonds is 3. The van der Waals surface area contributed by atoms with E-state index in [1.54, 1.807) is 0 Å². The van der Waals surface area contributed by atoms with Gasteiger partial charge in [0.05, 0.1) is 6.04 Å². The first kappa shape index (κ1) is 15.6. The molecule has 0 aromatic carbocycles. The van der Waals surface area contributed by atoms with Gasteiger partial charge in [-0.2, -0.15) is 0 Å². The third-order valence-corrected chi connectivity index (χ3v) is 5.00. The van der Waals surface area contributed by atoms with Crippen molar-refractivity contribution in [2.75, 3.05) is 13.1 Å². The van der Waals surface area contributed by atoms with Gasteiger partial charge >= 0.3 is 5.97 Å². The van der Waals surface area contributed by atoms with E-state index in [0.29, 0.717) is 25.8 Å². The van der Waals surface area contributed by atoms with Crippen LogP contribution >= 0.6 is 0 Å². The van der Waals surface area contributed by atoms with Crippen LogP contribution in [0.15, 0.2) is 0 Å². The predicted octanol–water partition coefficient (Wildman–Crippen LogP) is 1.71.